The van der Waals surface area contributed by atoms with Crippen LogP contribution in [0.5, 0.6) is 0 Å². The molecule has 0 radical (unpaired) electrons. The summed E-state index contributed by atoms with van der Waals surface area (Å²) in [6.07, 6.45) is 7.40. The van der Waals surface area contributed by atoms with Crippen LogP contribution < -0.4 is 5.32 Å². The molecule has 1 N–H and O–H groups in total. The molecule has 0 unspecified atom stereocenters. The molecule has 122 valence electrons. The first kappa shape index (κ1) is 16.6. The third kappa shape index (κ3) is 3.99. The van der Waals surface area contributed by atoms with Crippen LogP contribution in [0, 0.1) is 0 Å². The molecule has 0 aliphatic carbocycles. The van der Waals surface area contributed by atoms with Gasteiger partial charge >= 0.3 is 0 Å². The molecular weight excluding hydrogens is 342 g/mol. The monoisotopic (exact) mass is 357 g/mol. The van der Waals surface area contributed by atoms with E-state index in [0.717, 1.165) is 22.7 Å². The van der Waals surface area contributed by atoms with E-state index in [2.05, 4.69) is 10.3 Å². The molecule has 6 heteroatoms. The van der Waals surface area contributed by atoms with Crippen LogP contribution >= 0.6 is 23.4 Å². The van der Waals surface area contributed by atoms with Crippen molar-refractivity contribution < 1.29 is 4.79 Å². The fourth-order valence-electron chi connectivity index (χ4n) is 2.29. The van der Waals surface area contributed by atoms with Crippen LogP contribution in [0.15, 0.2) is 66.1 Å². The molecule has 0 aliphatic rings. The van der Waals surface area contributed by atoms with Gasteiger partial charge in [-0.2, -0.15) is 0 Å². The molecule has 1 amide bonds. The Morgan fingerprint density at radius 2 is 2.04 bits per heavy atom. The molecule has 0 spiro atoms. The van der Waals surface area contributed by atoms with E-state index in [0.29, 0.717) is 10.6 Å². The van der Waals surface area contributed by atoms with Gasteiger partial charge in [0.05, 0.1) is 16.9 Å². The number of halogens is 1. The molecule has 1 heterocycles. The maximum Gasteiger partial charge on any atom is 0.257 e. The Bertz CT molecular complexity index is 832. The lowest BCUT2D eigenvalue weighted by atomic mass is 10.1. The van der Waals surface area contributed by atoms with Gasteiger partial charge in [-0.15, -0.1) is 11.8 Å². The van der Waals surface area contributed by atoms with E-state index >= 15 is 0 Å². The molecule has 0 saturated heterocycles. The number of hydrogen-bond acceptors (Lipinski definition) is 3. The normalized spacial score (nSPS) is 10.6. The zero-order chi connectivity index (χ0) is 16.9. The number of anilines is 1. The van der Waals surface area contributed by atoms with Crippen LogP contribution in [0.1, 0.15) is 15.9 Å². The number of rotatable bonds is 5. The number of nitrogens with zero attached hydrogens (tertiary/aromatic N) is 2. The van der Waals surface area contributed by atoms with Crippen molar-refractivity contribution in [3.05, 3.63) is 77.3 Å². The molecule has 0 fully saturated rings. The van der Waals surface area contributed by atoms with Gasteiger partial charge < -0.3 is 9.88 Å². The van der Waals surface area contributed by atoms with Gasteiger partial charge in [-0.1, -0.05) is 23.7 Å². The summed E-state index contributed by atoms with van der Waals surface area (Å²) in [5.41, 5.74) is 2.35. The summed E-state index contributed by atoms with van der Waals surface area (Å²) in [6.45, 7) is 0.746. The quantitative estimate of drug-likeness (QED) is 0.681. The predicted molar refractivity (Wildman–Crippen MR) is 99.0 cm³/mol. The number of amides is 1. The summed E-state index contributed by atoms with van der Waals surface area (Å²) in [5.74, 6) is -0.210. The first-order valence-electron chi connectivity index (χ1n) is 7.35. The lowest BCUT2D eigenvalue weighted by Crippen LogP contribution is -2.12. The topological polar surface area (TPSA) is 46.9 Å². The number of hydrogen-bond donors (Lipinski definition) is 1. The van der Waals surface area contributed by atoms with Crippen molar-refractivity contribution in [3.63, 3.8) is 0 Å². The molecule has 0 saturated carbocycles. The highest BCUT2D eigenvalue weighted by molar-refractivity contribution is 7.98. The fraction of sp³-hybridized carbons (Fsp3) is 0.111. The average Bonchev–Trinajstić information content (AvgIpc) is 3.10. The molecule has 0 bridgehead atoms. The Morgan fingerprint density at radius 1 is 1.25 bits per heavy atom. The number of carbonyl (C=O) groups is 1. The smallest absolute Gasteiger partial charge is 0.257 e. The summed E-state index contributed by atoms with van der Waals surface area (Å²) in [4.78, 5) is 17.5. The summed E-state index contributed by atoms with van der Waals surface area (Å²) >= 11 is 7.71. The Kier molecular flexibility index (Phi) is 5.23. The van der Waals surface area contributed by atoms with Crippen molar-refractivity contribution in [2.45, 2.75) is 11.4 Å². The maximum atomic E-state index is 12.4. The van der Waals surface area contributed by atoms with E-state index in [-0.39, 0.29) is 5.91 Å². The van der Waals surface area contributed by atoms with Crippen molar-refractivity contribution in [1.82, 2.24) is 9.55 Å². The van der Waals surface area contributed by atoms with Gasteiger partial charge in [-0.05, 0) is 42.2 Å². The van der Waals surface area contributed by atoms with Gasteiger partial charge in [0.2, 0.25) is 0 Å². The zero-order valence-corrected chi connectivity index (χ0v) is 14.6. The Morgan fingerprint density at radius 3 is 2.71 bits per heavy atom. The van der Waals surface area contributed by atoms with Gasteiger partial charge in [0, 0.05) is 29.5 Å². The molecule has 0 atom stereocenters. The summed E-state index contributed by atoms with van der Waals surface area (Å²) < 4.78 is 1.99. The molecule has 4 nitrogen and oxygen atoms in total. The van der Waals surface area contributed by atoms with Gasteiger partial charge in [0.15, 0.2) is 0 Å². The highest BCUT2D eigenvalue weighted by atomic mass is 35.5. The van der Waals surface area contributed by atoms with Crippen molar-refractivity contribution in [2.24, 2.45) is 0 Å². The van der Waals surface area contributed by atoms with E-state index < -0.39 is 0 Å². The van der Waals surface area contributed by atoms with Crippen LogP contribution in [0.4, 0.5) is 5.69 Å². The lowest BCUT2D eigenvalue weighted by molar-refractivity contribution is 0.102. The van der Waals surface area contributed by atoms with Gasteiger partial charge in [0.1, 0.15) is 0 Å². The Hall–Kier alpha value is -2.24. The third-order valence-electron chi connectivity index (χ3n) is 3.55. The Balaban J connectivity index is 1.70. The van der Waals surface area contributed by atoms with Crippen molar-refractivity contribution in [3.8, 4) is 0 Å². The second-order valence-electron chi connectivity index (χ2n) is 5.23. The van der Waals surface area contributed by atoms with E-state index in [4.69, 9.17) is 11.6 Å². The van der Waals surface area contributed by atoms with Crippen molar-refractivity contribution >= 4 is 35.0 Å². The van der Waals surface area contributed by atoms with E-state index in [9.17, 15) is 4.79 Å². The third-order valence-corrected chi connectivity index (χ3v) is 4.61. The largest absolute Gasteiger partial charge is 0.333 e. The number of thioether (sulfide) groups is 1. The SMILES string of the molecule is CSc1ccc(Cl)c(C(=O)Nc2ccc(Cn3ccnc3)cc2)c1. The second kappa shape index (κ2) is 7.55. The number of aromatic nitrogens is 2. The molecule has 24 heavy (non-hydrogen) atoms. The number of benzene rings is 2. The molecule has 0 aliphatic heterocycles. The summed E-state index contributed by atoms with van der Waals surface area (Å²) in [5, 5.41) is 3.33. The lowest BCUT2D eigenvalue weighted by Gasteiger charge is -2.09. The summed E-state index contributed by atoms with van der Waals surface area (Å²) in [6, 6.07) is 13.2. The van der Waals surface area contributed by atoms with Crippen LogP contribution in [0.3, 0.4) is 0 Å². The highest BCUT2D eigenvalue weighted by Gasteiger charge is 2.11. The first-order valence-corrected chi connectivity index (χ1v) is 8.95. The summed E-state index contributed by atoms with van der Waals surface area (Å²) in [7, 11) is 0. The average molecular weight is 358 g/mol. The number of imidazole rings is 1. The minimum absolute atomic E-state index is 0.210. The van der Waals surface area contributed by atoms with E-state index in [1.54, 1.807) is 36.4 Å². The van der Waals surface area contributed by atoms with Gasteiger partial charge in [-0.3, -0.25) is 4.79 Å². The molecular formula is C18H16ClN3OS. The van der Waals surface area contributed by atoms with Gasteiger partial charge in [0.25, 0.3) is 5.91 Å². The molecule has 1 aromatic heterocycles. The highest BCUT2D eigenvalue weighted by Crippen LogP contribution is 2.24. The van der Waals surface area contributed by atoms with Gasteiger partial charge in [-0.25, -0.2) is 4.98 Å². The first-order chi connectivity index (χ1) is 11.7. The Labute approximate surface area is 149 Å². The standard InChI is InChI=1S/C18H16ClN3OS/c1-24-15-6-7-17(19)16(10-15)18(23)21-14-4-2-13(3-5-14)11-22-9-8-20-12-22/h2-10,12H,11H2,1H3,(H,21,23). The fourth-order valence-corrected chi connectivity index (χ4v) is 2.93. The molecule has 2 aromatic carbocycles. The molecule has 3 rings (SSSR count). The maximum absolute atomic E-state index is 12.4. The zero-order valence-electron chi connectivity index (χ0n) is 13.1. The molecule has 3 aromatic rings. The predicted octanol–water partition coefficient (Wildman–Crippen LogP) is 4.56. The number of carbonyl (C=O) groups excluding carboxylic acids is 1. The second-order valence-corrected chi connectivity index (χ2v) is 6.52. The van der Waals surface area contributed by atoms with Crippen LogP contribution in [0.25, 0.3) is 0 Å². The van der Waals surface area contributed by atoms with Crippen molar-refractivity contribution in [1.29, 1.82) is 0 Å². The van der Waals surface area contributed by atoms with Crippen LogP contribution in [-0.4, -0.2) is 21.7 Å². The van der Waals surface area contributed by atoms with Crippen LogP contribution in [0.2, 0.25) is 5.02 Å². The van der Waals surface area contributed by atoms with E-state index in [1.807, 2.05) is 47.4 Å². The number of nitrogens with one attached hydrogen (secondary N) is 1. The minimum Gasteiger partial charge on any atom is -0.333 e. The van der Waals surface area contributed by atoms with Crippen LogP contribution in [-0.2, 0) is 6.54 Å². The van der Waals surface area contributed by atoms with E-state index in [1.165, 1.54) is 0 Å². The minimum atomic E-state index is -0.210. The van der Waals surface area contributed by atoms with Crippen molar-refractivity contribution in [2.75, 3.05) is 11.6 Å².